The summed E-state index contributed by atoms with van der Waals surface area (Å²) in [6.45, 7) is 0. The first-order valence-corrected chi connectivity index (χ1v) is 18.2. The van der Waals surface area contributed by atoms with Gasteiger partial charge < -0.3 is 8.97 Å². The van der Waals surface area contributed by atoms with Crippen molar-refractivity contribution >= 4 is 59.9 Å². The monoisotopic (exact) mass is 689 g/mol. The highest BCUT2D eigenvalue weighted by molar-refractivity contribution is 6.26. The molecule has 0 saturated heterocycles. The normalized spacial score (nSPS) is 11.7. The molecule has 0 fully saturated rings. The van der Waals surface area contributed by atoms with E-state index in [1.807, 2.05) is 60.7 Å². The summed E-state index contributed by atoms with van der Waals surface area (Å²) < 4.78 is 4.86. The number of benzene rings is 8. The number of aromatic nitrogens is 5. The molecule has 0 aliphatic heterocycles. The highest BCUT2D eigenvalue weighted by atomic mass is 15.0. The smallest absolute Gasteiger partial charge is 0.164 e. The third-order valence-corrected chi connectivity index (χ3v) is 10.6. The minimum atomic E-state index is 0.630. The summed E-state index contributed by atoms with van der Waals surface area (Å²) >= 11 is 0. The lowest BCUT2D eigenvalue weighted by Crippen LogP contribution is -2.02. The van der Waals surface area contributed by atoms with Crippen LogP contribution in [0, 0.1) is 0 Å². The molecule has 0 spiro atoms. The molecule has 0 aliphatic carbocycles. The Morgan fingerprint density at radius 2 is 0.833 bits per heavy atom. The standard InChI is InChI=1S/C49H31N5/c1-3-15-33(16-4-1)47-50-48(34-17-5-2-6-18-34)52-49(51-47)35-26-29-36(30-27-35)53-41-23-10-9-20-38(41)39-21-13-22-40-45-37-19-8-7-14-32(37)28-31-44(45)54(46(39)40)43-25-12-11-24-42(43)53/h1-31H. The fraction of sp³-hybridized carbons (Fsp3) is 0. The van der Waals surface area contributed by atoms with Crippen LogP contribution >= 0.6 is 0 Å². The van der Waals surface area contributed by atoms with Crippen molar-refractivity contribution in [2.45, 2.75) is 0 Å². The van der Waals surface area contributed by atoms with Crippen molar-refractivity contribution in [3.05, 3.63) is 188 Å². The lowest BCUT2D eigenvalue weighted by Gasteiger charge is -2.17. The fourth-order valence-corrected chi connectivity index (χ4v) is 8.15. The van der Waals surface area contributed by atoms with Gasteiger partial charge in [0.05, 0.1) is 27.6 Å². The van der Waals surface area contributed by atoms with E-state index in [0.717, 1.165) is 38.9 Å². The molecule has 0 unspecified atom stereocenters. The lowest BCUT2D eigenvalue weighted by atomic mass is 10.0. The van der Waals surface area contributed by atoms with Crippen molar-refractivity contribution in [2.75, 3.05) is 0 Å². The molecule has 0 radical (unpaired) electrons. The minimum Gasteiger partial charge on any atom is -0.308 e. The van der Waals surface area contributed by atoms with Crippen molar-refractivity contribution in [3.8, 4) is 39.9 Å². The first kappa shape index (κ1) is 30.3. The van der Waals surface area contributed by atoms with Gasteiger partial charge in [0.25, 0.3) is 0 Å². The highest BCUT2D eigenvalue weighted by Gasteiger charge is 2.18. The van der Waals surface area contributed by atoms with Crippen LogP contribution in [0.25, 0.3) is 99.8 Å². The average Bonchev–Trinajstić information content (AvgIpc) is 3.59. The summed E-state index contributed by atoms with van der Waals surface area (Å²) in [6.07, 6.45) is 0. The first-order chi connectivity index (χ1) is 26.8. The molecule has 8 aromatic carbocycles. The van der Waals surface area contributed by atoms with Crippen LogP contribution < -0.4 is 0 Å². The van der Waals surface area contributed by atoms with Gasteiger partial charge in [0.15, 0.2) is 17.5 Å². The predicted octanol–water partition coefficient (Wildman–Crippen LogP) is 12.2. The van der Waals surface area contributed by atoms with E-state index in [9.17, 15) is 0 Å². The van der Waals surface area contributed by atoms with Crippen LogP contribution in [0.4, 0.5) is 0 Å². The summed E-state index contributed by atoms with van der Waals surface area (Å²) in [5, 5.41) is 7.40. The van der Waals surface area contributed by atoms with Gasteiger partial charge in [0.1, 0.15) is 0 Å². The number of rotatable bonds is 4. The molecule has 0 saturated carbocycles. The quantitative estimate of drug-likeness (QED) is 0.185. The molecule has 11 aromatic rings. The second-order valence-corrected chi connectivity index (χ2v) is 13.6. The molecule has 0 N–H and O–H groups in total. The molecule has 0 atom stereocenters. The number of fused-ring (bicyclic) bond motifs is 9. The maximum atomic E-state index is 4.99. The largest absolute Gasteiger partial charge is 0.308 e. The van der Waals surface area contributed by atoms with Gasteiger partial charge in [-0.15, -0.1) is 0 Å². The van der Waals surface area contributed by atoms with E-state index in [1.54, 1.807) is 0 Å². The molecular weight excluding hydrogens is 659 g/mol. The van der Waals surface area contributed by atoms with Gasteiger partial charge >= 0.3 is 0 Å². The van der Waals surface area contributed by atoms with Crippen molar-refractivity contribution in [2.24, 2.45) is 0 Å². The zero-order valence-electron chi connectivity index (χ0n) is 29.1. The van der Waals surface area contributed by atoms with Gasteiger partial charge in [-0.3, -0.25) is 0 Å². The summed E-state index contributed by atoms with van der Waals surface area (Å²) in [5.74, 6) is 1.92. The van der Waals surface area contributed by atoms with Crippen LogP contribution in [-0.2, 0) is 0 Å². The summed E-state index contributed by atoms with van der Waals surface area (Å²) in [4.78, 5) is 14.9. The number of nitrogens with zero attached hydrogens (tertiary/aromatic N) is 5. The fourth-order valence-electron chi connectivity index (χ4n) is 8.15. The minimum absolute atomic E-state index is 0.630. The van der Waals surface area contributed by atoms with E-state index >= 15 is 0 Å². The Morgan fingerprint density at radius 3 is 1.52 bits per heavy atom. The highest BCUT2D eigenvalue weighted by Crippen LogP contribution is 2.40. The van der Waals surface area contributed by atoms with Gasteiger partial charge in [-0.2, -0.15) is 0 Å². The maximum Gasteiger partial charge on any atom is 0.164 e. The molecule has 252 valence electrons. The van der Waals surface area contributed by atoms with Crippen molar-refractivity contribution < 1.29 is 0 Å². The van der Waals surface area contributed by atoms with E-state index in [-0.39, 0.29) is 0 Å². The maximum absolute atomic E-state index is 4.99. The first-order valence-electron chi connectivity index (χ1n) is 18.2. The van der Waals surface area contributed by atoms with Gasteiger partial charge in [0.2, 0.25) is 0 Å². The SMILES string of the molecule is c1ccc(-c2nc(-c3ccccc3)nc(-c3ccc(-n4c5ccccc5c5cccc6c7c8ccccc8ccc7n(c7ccccc74)c56)cc3)n2)cc1. The van der Waals surface area contributed by atoms with Crippen molar-refractivity contribution in [1.29, 1.82) is 0 Å². The zero-order chi connectivity index (χ0) is 35.6. The second kappa shape index (κ2) is 12.1. The van der Waals surface area contributed by atoms with E-state index in [2.05, 4.69) is 136 Å². The molecule has 5 heteroatoms. The summed E-state index contributed by atoms with van der Waals surface area (Å²) in [5.41, 5.74) is 9.59. The van der Waals surface area contributed by atoms with E-state index in [0.29, 0.717) is 17.5 Å². The van der Waals surface area contributed by atoms with Crippen LogP contribution in [0.5, 0.6) is 0 Å². The van der Waals surface area contributed by atoms with E-state index in [1.165, 1.54) is 43.4 Å². The van der Waals surface area contributed by atoms with E-state index in [4.69, 9.17) is 15.0 Å². The second-order valence-electron chi connectivity index (χ2n) is 13.6. The molecule has 0 aliphatic rings. The number of hydrogen-bond donors (Lipinski definition) is 0. The Labute approximate surface area is 310 Å². The van der Waals surface area contributed by atoms with Crippen LogP contribution in [-0.4, -0.2) is 23.9 Å². The zero-order valence-corrected chi connectivity index (χ0v) is 29.1. The van der Waals surface area contributed by atoms with Crippen molar-refractivity contribution in [1.82, 2.24) is 23.9 Å². The Bertz CT molecular complexity index is 3190. The van der Waals surface area contributed by atoms with E-state index < -0.39 is 0 Å². The number of para-hydroxylation sites is 4. The van der Waals surface area contributed by atoms with Gasteiger partial charge in [-0.25, -0.2) is 15.0 Å². The van der Waals surface area contributed by atoms with Crippen LogP contribution in [0.15, 0.2) is 188 Å². The third-order valence-electron chi connectivity index (χ3n) is 10.6. The van der Waals surface area contributed by atoms with Crippen LogP contribution in [0.1, 0.15) is 0 Å². The predicted molar refractivity (Wildman–Crippen MR) is 223 cm³/mol. The van der Waals surface area contributed by atoms with Crippen LogP contribution in [0.2, 0.25) is 0 Å². The number of hydrogen-bond acceptors (Lipinski definition) is 3. The van der Waals surface area contributed by atoms with Crippen molar-refractivity contribution in [3.63, 3.8) is 0 Å². The summed E-state index contributed by atoms with van der Waals surface area (Å²) in [7, 11) is 0. The molecule has 3 aromatic heterocycles. The Hall–Kier alpha value is -7.37. The lowest BCUT2D eigenvalue weighted by molar-refractivity contribution is 1.07. The Kier molecular flexibility index (Phi) is 6.79. The molecule has 5 nitrogen and oxygen atoms in total. The Balaban J connectivity index is 1.19. The third kappa shape index (κ3) is 4.69. The molecule has 11 rings (SSSR count). The van der Waals surface area contributed by atoms with Gasteiger partial charge in [-0.1, -0.05) is 140 Å². The molecule has 0 amide bonds. The topological polar surface area (TPSA) is 48.0 Å². The molecule has 0 bridgehead atoms. The summed E-state index contributed by atoms with van der Waals surface area (Å²) in [6, 6.07) is 66.3. The molecule has 54 heavy (non-hydrogen) atoms. The van der Waals surface area contributed by atoms with Gasteiger partial charge in [-0.05, 0) is 59.3 Å². The molecule has 3 heterocycles. The molecular formula is C49H31N5. The van der Waals surface area contributed by atoms with Gasteiger partial charge in [0, 0.05) is 43.9 Å². The average molecular weight is 690 g/mol. The Morgan fingerprint density at radius 1 is 0.315 bits per heavy atom. The van der Waals surface area contributed by atoms with Crippen LogP contribution in [0.3, 0.4) is 0 Å².